The van der Waals surface area contributed by atoms with E-state index in [9.17, 15) is 18.3 Å². The van der Waals surface area contributed by atoms with Gasteiger partial charge in [0.25, 0.3) is 0 Å². The molecule has 1 atom stereocenters. The molecule has 1 saturated heterocycles. The Morgan fingerprint density at radius 2 is 2.05 bits per heavy atom. The van der Waals surface area contributed by atoms with Crippen LogP contribution < -0.4 is 9.62 Å². The van der Waals surface area contributed by atoms with E-state index in [0.29, 0.717) is 25.2 Å². The van der Waals surface area contributed by atoms with Crippen molar-refractivity contribution in [3.63, 3.8) is 0 Å². The number of nitrogens with one attached hydrogen (secondary N) is 1. The van der Waals surface area contributed by atoms with E-state index in [1.54, 1.807) is 25.1 Å². The highest BCUT2D eigenvalue weighted by Crippen LogP contribution is 2.36. The Hall–Kier alpha value is -1.60. The summed E-state index contributed by atoms with van der Waals surface area (Å²) in [6.45, 7) is 2.52. The molecule has 1 aliphatic rings. The molecule has 0 aromatic heterocycles. The number of rotatable bonds is 4. The number of aliphatic carboxylic acids is 1. The normalized spacial score (nSPS) is 23.0. The van der Waals surface area contributed by atoms with Crippen LogP contribution in [-0.4, -0.2) is 39.6 Å². The van der Waals surface area contributed by atoms with Crippen LogP contribution in [0.4, 0.5) is 5.69 Å². The highest BCUT2D eigenvalue weighted by Gasteiger charge is 2.41. The van der Waals surface area contributed by atoms with Crippen molar-refractivity contribution in [2.24, 2.45) is 5.41 Å². The molecule has 2 N–H and O–H groups in total. The van der Waals surface area contributed by atoms with Gasteiger partial charge in [-0.25, -0.2) is 13.1 Å². The molecule has 1 aromatic rings. The minimum atomic E-state index is -3.56. The standard InChI is InChI=1S/C13H18N2O4S/c1-13(12(16)17)7-8-15(9-13)10-5-3-4-6-11(10)20(18,19)14-2/h3-6,14H,7-9H2,1-2H3,(H,16,17). The van der Waals surface area contributed by atoms with Crippen molar-refractivity contribution in [2.45, 2.75) is 18.2 Å². The quantitative estimate of drug-likeness (QED) is 0.862. The van der Waals surface area contributed by atoms with E-state index in [1.807, 2.05) is 4.90 Å². The Labute approximate surface area is 118 Å². The number of carboxylic acids is 1. The maximum atomic E-state index is 12.0. The zero-order valence-electron chi connectivity index (χ0n) is 11.5. The SMILES string of the molecule is CNS(=O)(=O)c1ccccc1N1CCC(C)(C(=O)O)C1. The van der Waals surface area contributed by atoms with Gasteiger partial charge in [-0.15, -0.1) is 0 Å². The van der Waals surface area contributed by atoms with Crippen LogP contribution in [0.1, 0.15) is 13.3 Å². The van der Waals surface area contributed by atoms with Crippen LogP contribution in [-0.2, 0) is 14.8 Å². The molecule has 7 heteroatoms. The summed E-state index contributed by atoms with van der Waals surface area (Å²) in [5, 5.41) is 9.26. The highest BCUT2D eigenvalue weighted by atomic mass is 32.2. The minimum Gasteiger partial charge on any atom is -0.481 e. The summed E-state index contributed by atoms with van der Waals surface area (Å²) in [6, 6.07) is 6.63. The van der Waals surface area contributed by atoms with Crippen molar-refractivity contribution in [1.29, 1.82) is 0 Å². The molecule has 0 spiro atoms. The van der Waals surface area contributed by atoms with Gasteiger partial charge in [0, 0.05) is 13.1 Å². The molecule has 0 amide bonds. The van der Waals surface area contributed by atoms with Crippen molar-refractivity contribution in [3.05, 3.63) is 24.3 Å². The van der Waals surface area contributed by atoms with Crippen molar-refractivity contribution in [2.75, 3.05) is 25.0 Å². The molecule has 2 rings (SSSR count). The van der Waals surface area contributed by atoms with E-state index in [2.05, 4.69) is 4.72 Å². The van der Waals surface area contributed by atoms with Gasteiger partial charge in [0.15, 0.2) is 0 Å². The second kappa shape index (κ2) is 5.06. The van der Waals surface area contributed by atoms with E-state index in [0.717, 1.165) is 0 Å². The summed E-state index contributed by atoms with van der Waals surface area (Å²) in [4.78, 5) is 13.3. The van der Waals surface area contributed by atoms with Crippen LogP contribution in [0.2, 0.25) is 0 Å². The third-order valence-electron chi connectivity index (χ3n) is 3.75. The second-order valence-electron chi connectivity index (χ2n) is 5.21. The number of benzene rings is 1. The molecular weight excluding hydrogens is 280 g/mol. The Morgan fingerprint density at radius 3 is 2.60 bits per heavy atom. The van der Waals surface area contributed by atoms with Crippen molar-refractivity contribution in [3.8, 4) is 0 Å². The molecule has 6 nitrogen and oxygen atoms in total. The first kappa shape index (κ1) is 14.8. The molecule has 0 aliphatic carbocycles. The molecule has 1 heterocycles. The van der Waals surface area contributed by atoms with Crippen LogP contribution in [0.5, 0.6) is 0 Å². The molecular formula is C13H18N2O4S. The van der Waals surface area contributed by atoms with Gasteiger partial charge in [-0.05, 0) is 32.5 Å². The summed E-state index contributed by atoms with van der Waals surface area (Å²) in [5.74, 6) is -0.853. The van der Waals surface area contributed by atoms with Gasteiger partial charge in [-0.3, -0.25) is 4.79 Å². The Morgan fingerprint density at radius 1 is 1.40 bits per heavy atom. The van der Waals surface area contributed by atoms with Crippen LogP contribution in [0, 0.1) is 5.41 Å². The largest absolute Gasteiger partial charge is 0.481 e. The van der Waals surface area contributed by atoms with E-state index in [-0.39, 0.29) is 4.90 Å². The third-order valence-corrected chi connectivity index (χ3v) is 5.22. The predicted octanol–water partition coefficient (Wildman–Crippen LogP) is 0.896. The number of carboxylic acid groups (broad SMARTS) is 1. The average molecular weight is 298 g/mol. The number of para-hydroxylation sites is 1. The van der Waals surface area contributed by atoms with E-state index in [4.69, 9.17) is 0 Å². The van der Waals surface area contributed by atoms with Crippen LogP contribution >= 0.6 is 0 Å². The van der Waals surface area contributed by atoms with Gasteiger partial charge in [0.1, 0.15) is 4.90 Å². The fraction of sp³-hybridized carbons (Fsp3) is 0.462. The molecule has 1 aliphatic heterocycles. The fourth-order valence-electron chi connectivity index (χ4n) is 2.40. The van der Waals surface area contributed by atoms with Gasteiger partial charge in [0.2, 0.25) is 10.0 Å². The lowest BCUT2D eigenvalue weighted by atomic mass is 9.90. The summed E-state index contributed by atoms with van der Waals surface area (Å²) in [6.07, 6.45) is 0.496. The Balaban J connectivity index is 2.39. The van der Waals surface area contributed by atoms with Gasteiger partial charge >= 0.3 is 5.97 Å². The maximum Gasteiger partial charge on any atom is 0.311 e. The van der Waals surface area contributed by atoms with Crippen molar-refractivity contribution < 1.29 is 18.3 Å². The smallest absolute Gasteiger partial charge is 0.311 e. The molecule has 0 radical (unpaired) electrons. The fourth-order valence-corrected chi connectivity index (χ4v) is 3.35. The van der Waals surface area contributed by atoms with E-state index < -0.39 is 21.4 Å². The van der Waals surface area contributed by atoms with Crippen molar-refractivity contribution in [1.82, 2.24) is 4.72 Å². The monoisotopic (exact) mass is 298 g/mol. The topological polar surface area (TPSA) is 86.7 Å². The first-order chi connectivity index (χ1) is 9.30. The zero-order chi connectivity index (χ0) is 15.0. The minimum absolute atomic E-state index is 0.178. The van der Waals surface area contributed by atoms with Gasteiger partial charge in [0.05, 0.1) is 11.1 Å². The number of hydrogen-bond acceptors (Lipinski definition) is 4. The number of hydrogen-bond donors (Lipinski definition) is 2. The summed E-state index contributed by atoms with van der Waals surface area (Å²) in [5.41, 5.74) is -0.289. The summed E-state index contributed by atoms with van der Waals surface area (Å²) >= 11 is 0. The zero-order valence-corrected chi connectivity index (χ0v) is 12.3. The summed E-state index contributed by atoms with van der Waals surface area (Å²) < 4.78 is 26.3. The predicted molar refractivity (Wildman–Crippen MR) is 75.3 cm³/mol. The summed E-state index contributed by atoms with van der Waals surface area (Å²) in [7, 11) is -2.20. The molecule has 1 aromatic carbocycles. The second-order valence-corrected chi connectivity index (χ2v) is 7.07. The Kier molecular flexibility index (Phi) is 3.75. The highest BCUT2D eigenvalue weighted by molar-refractivity contribution is 7.89. The van der Waals surface area contributed by atoms with E-state index in [1.165, 1.54) is 13.1 Å². The molecule has 0 bridgehead atoms. The van der Waals surface area contributed by atoms with Gasteiger partial charge < -0.3 is 10.0 Å². The number of carbonyl (C=O) groups is 1. The van der Waals surface area contributed by atoms with Crippen molar-refractivity contribution >= 4 is 21.7 Å². The third kappa shape index (κ3) is 2.51. The van der Waals surface area contributed by atoms with Crippen LogP contribution in [0.3, 0.4) is 0 Å². The van der Waals surface area contributed by atoms with Gasteiger partial charge in [-0.2, -0.15) is 0 Å². The Bertz CT molecular complexity index is 629. The lowest BCUT2D eigenvalue weighted by molar-refractivity contribution is -0.146. The number of sulfonamides is 1. The van der Waals surface area contributed by atoms with Crippen LogP contribution in [0.25, 0.3) is 0 Å². The molecule has 1 unspecified atom stereocenters. The number of anilines is 1. The molecule has 110 valence electrons. The van der Waals surface area contributed by atoms with Crippen LogP contribution in [0.15, 0.2) is 29.2 Å². The maximum absolute atomic E-state index is 12.0. The molecule has 0 saturated carbocycles. The van der Waals surface area contributed by atoms with E-state index >= 15 is 0 Å². The first-order valence-corrected chi connectivity index (χ1v) is 7.79. The van der Waals surface area contributed by atoms with Gasteiger partial charge in [-0.1, -0.05) is 12.1 Å². The number of nitrogens with zero attached hydrogens (tertiary/aromatic N) is 1. The lowest BCUT2D eigenvalue weighted by Gasteiger charge is -2.23. The molecule has 20 heavy (non-hydrogen) atoms. The lowest BCUT2D eigenvalue weighted by Crippen LogP contribution is -2.32. The molecule has 1 fully saturated rings. The average Bonchev–Trinajstić information content (AvgIpc) is 2.83. The first-order valence-electron chi connectivity index (χ1n) is 6.31.